The number of carbonyl (C=O) groups is 1. The Bertz CT molecular complexity index is 692. The Balaban J connectivity index is 1.66. The minimum Gasteiger partial charge on any atom is -0.273 e. The van der Waals surface area contributed by atoms with E-state index in [-0.39, 0.29) is 17.7 Å². The molecule has 0 unspecified atom stereocenters. The topological polar surface area (TPSA) is 41.5 Å². The van der Waals surface area contributed by atoms with Gasteiger partial charge in [0.25, 0.3) is 0 Å². The summed E-state index contributed by atoms with van der Waals surface area (Å²) in [6, 6.07) is 20.2. The van der Waals surface area contributed by atoms with Crippen molar-refractivity contribution in [3.8, 4) is 0 Å². The van der Waals surface area contributed by atoms with Gasteiger partial charge in [-0.3, -0.25) is 4.79 Å². The predicted molar refractivity (Wildman–Crippen MR) is 93.2 cm³/mol. The standard InChI is InChI=1S/C20H22N2O/c1-14(2)19(16-11-7-4-8-12-16)21-22-20(23)18-13-17(18)15-9-5-3-6-10-15/h3-12,14,17-18H,13H2,1-2H3,(H,22,23)/t17-,18+/m1/s1. The second-order valence-electron chi connectivity index (χ2n) is 6.35. The Kier molecular flexibility index (Phi) is 4.56. The lowest BCUT2D eigenvalue weighted by atomic mass is 10.0. The number of rotatable bonds is 5. The molecular weight excluding hydrogens is 284 g/mol. The SMILES string of the molecule is CC(C)C(=NNC(=O)[C@H]1C[C@@H]1c1ccccc1)c1ccccc1. The molecule has 1 saturated carbocycles. The molecule has 0 bridgehead atoms. The van der Waals surface area contributed by atoms with Gasteiger partial charge in [-0.25, -0.2) is 5.43 Å². The number of benzene rings is 2. The molecule has 3 rings (SSSR count). The molecule has 0 radical (unpaired) electrons. The fourth-order valence-electron chi connectivity index (χ4n) is 2.89. The molecule has 2 aromatic carbocycles. The molecule has 1 aliphatic rings. The van der Waals surface area contributed by atoms with Gasteiger partial charge in [0.2, 0.25) is 5.91 Å². The molecule has 1 fully saturated rings. The van der Waals surface area contributed by atoms with E-state index in [1.54, 1.807) is 0 Å². The molecule has 1 N–H and O–H groups in total. The lowest BCUT2D eigenvalue weighted by Gasteiger charge is -2.10. The van der Waals surface area contributed by atoms with Gasteiger partial charge in [-0.15, -0.1) is 0 Å². The Morgan fingerprint density at radius 3 is 2.26 bits per heavy atom. The fraction of sp³-hybridized carbons (Fsp3) is 0.300. The summed E-state index contributed by atoms with van der Waals surface area (Å²) in [5.74, 6) is 0.658. The molecule has 1 amide bonds. The van der Waals surface area contributed by atoms with Crippen molar-refractivity contribution in [3.05, 3.63) is 71.8 Å². The summed E-state index contributed by atoms with van der Waals surface area (Å²) in [6.45, 7) is 4.17. The predicted octanol–water partition coefficient (Wildman–Crippen LogP) is 3.97. The lowest BCUT2D eigenvalue weighted by molar-refractivity contribution is -0.122. The van der Waals surface area contributed by atoms with Crippen LogP contribution in [0.5, 0.6) is 0 Å². The fourth-order valence-corrected chi connectivity index (χ4v) is 2.89. The van der Waals surface area contributed by atoms with Crippen LogP contribution in [0, 0.1) is 11.8 Å². The highest BCUT2D eigenvalue weighted by Crippen LogP contribution is 2.47. The first-order valence-electron chi connectivity index (χ1n) is 8.14. The highest BCUT2D eigenvalue weighted by atomic mass is 16.2. The van der Waals surface area contributed by atoms with Gasteiger partial charge in [0.05, 0.1) is 5.71 Å². The first-order valence-corrected chi connectivity index (χ1v) is 8.14. The Labute approximate surface area is 137 Å². The van der Waals surface area contributed by atoms with Gasteiger partial charge in [0, 0.05) is 5.92 Å². The molecule has 0 saturated heterocycles. The number of hydrogen-bond donors (Lipinski definition) is 1. The zero-order chi connectivity index (χ0) is 16.2. The maximum atomic E-state index is 12.3. The Morgan fingerprint density at radius 2 is 1.65 bits per heavy atom. The van der Waals surface area contributed by atoms with Crippen molar-refractivity contribution in [2.24, 2.45) is 16.9 Å². The molecule has 2 atom stereocenters. The van der Waals surface area contributed by atoms with E-state index in [1.807, 2.05) is 48.5 Å². The maximum absolute atomic E-state index is 12.3. The van der Waals surface area contributed by atoms with E-state index < -0.39 is 0 Å². The number of hydrogen-bond acceptors (Lipinski definition) is 2. The molecule has 3 heteroatoms. The van der Waals surface area contributed by atoms with Gasteiger partial charge < -0.3 is 0 Å². The van der Waals surface area contributed by atoms with Crippen LogP contribution in [0.25, 0.3) is 0 Å². The van der Waals surface area contributed by atoms with Crippen molar-refractivity contribution in [3.63, 3.8) is 0 Å². The summed E-state index contributed by atoms with van der Waals surface area (Å²) in [7, 11) is 0. The first kappa shape index (κ1) is 15.5. The minimum absolute atomic E-state index is 0.0212. The molecular formula is C20H22N2O. The summed E-state index contributed by atoms with van der Waals surface area (Å²) >= 11 is 0. The smallest absolute Gasteiger partial charge is 0.243 e. The second kappa shape index (κ2) is 6.78. The molecule has 3 nitrogen and oxygen atoms in total. The van der Waals surface area contributed by atoms with Crippen molar-refractivity contribution >= 4 is 11.6 Å². The molecule has 0 heterocycles. The maximum Gasteiger partial charge on any atom is 0.243 e. The average molecular weight is 306 g/mol. The van der Waals surface area contributed by atoms with Gasteiger partial charge in [-0.2, -0.15) is 5.10 Å². The van der Waals surface area contributed by atoms with Crippen molar-refractivity contribution < 1.29 is 4.79 Å². The van der Waals surface area contributed by atoms with Crippen LogP contribution in [-0.4, -0.2) is 11.6 Å². The van der Waals surface area contributed by atoms with E-state index >= 15 is 0 Å². The third-order valence-corrected chi connectivity index (χ3v) is 4.26. The van der Waals surface area contributed by atoms with Crippen LogP contribution in [0.4, 0.5) is 0 Å². The lowest BCUT2D eigenvalue weighted by Crippen LogP contribution is -2.24. The van der Waals surface area contributed by atoms with Gasteiger partial charge >= 0.3 is 0 Å². The van der Waals surface area contributed by atoms with Crippen LogP contribution >= 0.6 is 0 Å². The Hall–Kier alpha value is -2.42. The minimum atomic E-state index is 0.0212. The van der Waals surface area contributed by atoms with E-state index in [9.17, 15) is 4.79 Å². The highest BCUT2D eigenvalue weighted by Gasteiger charge is 2.43. The highest BCUT2D eigenvalue weighted by molar-refractivity contribution is 6.02. The summed E-state index contributed by atoms with van der Waals surface area (Å²) in [6.07, 6.45) is 0.910. The quantitative estimate of drug-likeness (QED) is 0.659. The zero-order valence-corrected chi connectivity index (χ0v) is 13.6. The normalized spacial score (nSPS) is 20.4. The van der Waals surface area contributed by atoms with Gasteiger partial charge in [-0.05, 0) is 29.4 Å². The Morgan fingerprint density at radius 1 is 1.04 bits per heavy atom. The molecule has 1 aliphatic carbocycles. The van der Waals surface area contributed by atoms with Crippen LogP contribution in [-0.2, 0) is 4.79 Å². The van der Waals surface area contributed by atoms with Crippen LogP contribution in [0.1, 0.15) is 37.3 Å². The number of nitrogens with one attached hydrogen (secondary N) is 1. The summed E-state index contributed by atoms with van der Waals surface area (Å²) < 4.78 is 0. The van der Waals surface area contributed by atoms with Crippen LogP contribution in [0.2, 0.25) is 0 Å². The first-order chi connectivity index (χ1) is 11.2. The van der Waals surface area contributed by atoms with E-state index in [0.29, 0.717) is 5.92 Å². The molecule has 0 aliphatic heterocycles. The zero-order valence-electron chi connectivity index (χ0n) is 13.6. The third kappa shape index (κ3) is 3.67. The van der Waals surface area contributed by atoms with E-state index in [4.69, 9.17) is 0 Å². The molecule has 0 spiro atoms. The number of carbonyl (C=O) groups excluding carboxylic acids is 1. The van der Waals surface area contributed by atoms with Crippen molar-refractivity contribution in [1.29, 1.82) is 0 Å². The van der Waals surface area contributed by atoms with Crippen LogP contribution < -0.4 is 5.43 Å². The summed E-state index contributed by atoms with van der Waals surface area (Å²) in [5, 5.41) is 4.40. The van der Waals surface area contributed by atoms with Gasteiger partial charge in [-0.1, -0.05) is 74.5 Å². The molecule has 2 aromatic rings. The molecule has 0 aromatic heterocycles. The number of nitrogens with zero attached hydrogens (tertiary/aromatic N) is 1. The average Bonchev–Trinajstić information content (AvgIpc) is 3.37. The summed E-state index contributed by atoms with van der Waals surface area (Å²) in [5.41, 5.74) is 5.98. The van der Waals surface area contributed by atoms with E-state index in [0.717, 1.165) is 17.7 Å². The van der Waals surface area contributed by atoms with E-state index in [2.05, 4.69) is 36.5 Å². The largest absolute Gasteiger partial charge is 0.273 e. The van der Waals surface area contributed by atoms with Crippen LogP contribution in [0.15, 0.2) is 65.8 Å². The van der Waals surface area contributed by atoms with Crippen molar-refractivity contribution in [1.82, 2.24) is 5.43 Å². The number of hydrazone groups is 1. The molecule has 23 heavy (non-hydrogen) atoms. The van der Waals surface area contributed by atoms with Gasteiger partial charge in [0.15, 0.2) is 0 Å². The monoisotopic (exact) mass is 306 g/mol. The van der Waals surface area contributed by atoms with Crippen LogP contribution in [0.3, 0.4) is 0 Å². The second-order valence-corrected chi connectivity index (χ2v) is 6.35. The third-order valence-electron chi connectivity index (χ3n) is 4.26. The van der Waals surface area contributed by atoms with E-state index in [1.165, 1.54) is 5.56 Å². The van der Waals surface area contributed by atoms with Crippen molar-refractivity contribution in [2.45, 2.75) is 26.2 Å². The van der Waals surface area contributed by atoms with Gasteiger partial charge in [0.1, 0.15) is 0 Å². The molecule has 118 valence electrons. The van der Waals surface area contributed by atoms with Crippen molar-refractivity contribution in [2.75, 3.05) is 0 Å². The summed E-state index contributed by atoms with van der Waals surface area (Å²) in [4.78, 5) is 12.3. The number of amides is 1.